The van der Waals surface area contributed by atoms with Gasteiger partial charge in [0.2, 0.25) is 0 Å². The average molecular weight is 393 g/mol. The van der Waals surface area contributed by atoms with E-state index in [1.165, 1.54) is 0 Å². The molecule has 0 aromatic rings. The van der Waals surface area contributed by atoms with Gasteiger partial charge in [-0.2, -0.15) is 0 Å². The molecule has 0 heterocycles. The molecule has 0 atom stereocenters. The van der Waals surface area contributed by atoms with Crippen LogP contribution in [0.1, 0.15) is 0 Å². The van der Waals surface area contributed by atoms with Crippen LogP contribution in [0.15, 0.2) is 0 Å². The molecule has 0 radical (unpaired) electrons. The molecule has 4 nitrogen and oxygen atoms in total. The third-order valence-electron chi connectivity index (χ3n) is 0. The molecule has 50 valence electrons. The van der Waals surface area contributed by atoms with E-state index in [0.717, 1.165) is 0 Å². The van der Waals surface area contributed by atoms with E-state index < -0.39 is 10.4 Å². The van der Waals surface area contributed by atoms with Crippen LogP contribution in [0.2, 0.25) is 0 Å². The van der Waals surface area contributed by atoms with Gasteiger partial charge in [-0.05, 0) is 0 Å². The van der Waals surface area contributed by atoms with Crippen LogP contribution >= 0.6 is 19.6 Å². The summed E-state index contributed by atoms with van der Waals surface area (Å²) in [4.78, 5) is 0. The van der Waals surface area contributed by atoms with E-state index in [1.54, 1.807) is 0 Å². The van der Waals surface area contributed by atoms with Gasteiger partial charge in [-0.15, -0.1) is 0 Å². The first-order valence-electron chi connectivity index (χ1n) is 1.00. The van der Waals surface area contributed by atoms with E-state index in [2.05, 4.69) is 19.6 Å². The predicted octanol–water partition coefficient (Wildman–Crippen LogP) is -0.425. The van der Waals surface area contributed by atoms with Gasteiger partial charge in [0.15, 0.2) is 0 Å². The van der Waals surface area contributed by atoms with Gasteiger partial charge < -0.3 is 9.11 Å². The maximum atomic E-state index is 8.52. The molecule has 0 amide bonds. The van der Waals surface area contributed by atoms with Crippen molar-refractivity contribution in [2.45, 2.75) is 0 Å². The van der Waals surface area contributed by atoms with Crippen molar-refractivity contribution in [3.8, 4) is 0 Å². The molecule has 0 aromatic heterocycles. The van der Waals surface area contributed by atoms with Gasteiger partial charge >= 0.3 is 83.4 Å². The molecule has 0 aliphatic carbocycles. The summed E-state index contributed by atoms with van der Waals surface area (Å²) in [6, 6.07) is 0. The van der Waals surface area contributed by atoms with Gasteiger partial charge in [0, 0.05) is 10.4 Å². The summed E-state index contributed by atoms with van der Waals surface area (Å²) in [5.41, 5.74) is 0. The molecule has 0 saturated heterocycles. The van der Waals surface area contributed by atoms with Crippen LogP contribution in [0.4, 0.5) is 0 Å². The zero-order chi connectivity index (χ0) is 7.21. The van der Waals surface area contributed by atoms with E-state index in [9.17, 15) is 0 Å². The van der Waals surface area contributed by atoms with Gasteiger partial charge in [0.05, 0.1) is 0 Å². The summed E-state index contributed by atoms with van der Waals surface area (Å²) in [7, 11) is 3.51. The number of hydrogen-bond donors (Lipinski definition) is 0. The standard InChI is InChI=1S/Ba.Mo.H2O4S.2S/c;;1-5(2,3)4;;/h;;(H2,1,2,3,4);;/q+2;;;;/p-2. The minimum absolute atomic E-state index is 0. The zero-order valence-corrected chi connectivity index (χ0v) is 12.9. The van der Waals surface area contributed by atoms with E-state index >= 15 is 0 Å². The van der Waals surface area contributed by atoms with Gasteiger partial charge in [0.25, 0.3) is 0 Å². The van der Waals surface area contributed by atoms with Crippen LogP contribution in [0.3, 0.4) is 0 Å². The number of rotatable bonds is 0. The normalized spacial score (nSPS) is 7.78. The van der Waals surface area contributed by atoms with Crippen molar-refractivity contribution >= 4 is 78.9 Å². The Morgan fingerprint density at radius 1 is 1.22 bits per heavy atom. The quantitative estimate of drug-likeness (QED) is 0.316. The minimum atomic E-state index is -5.17. The Bertz CT molecular complexity index is 156. The summed E-state index contributed by atoms with van der Waals surface area (Å²) in [5, 5.41) is 0. The Labute approximate surface area is 109 Å². The molecule has 0 spiro atoms. The molecule has 9 heavy (non-hydrogen) atoms. The van der Waals surface area contributed by atoms with Gasteiger partial charge in [-0.25, -0.2) is 0 Å². The van der Waals surface area contributed by atoms with E-state index in [0.29, 0.717) is 0 Å². The first-order valence-corrected chi connectivity index (χ1v) is 7.92. The first kappa shape index (κ1) is 17.6. The molecule has 0 N–H and O–H groups in total. The third-order valence-corrected chi connectivity index (χ3v) is 0. The molecule has 9 heteroatoms. The fraction of sp³-hybridized carbons (Fsp3) is 0. The van der Waals surface area contributed by atoms with Crippen LogP contribution < -0.4 is 0 Å². The van der Waals surface area contributed by atoms with Crippen LogP contribution in [0.5, 0.6) is 0 Å². The second-order valence-corrected chi connectivity index (χ2v) is 4.85. The summed E-state index contributed by atoms with van der Waals surface area (Å²) < 4.78 is 34.1. The van der Waals surface area contributed by atoms with Crippen molar-refractivity contribution in [3.63, 3.8) is 0 Å². The monoisotopic (exact) mass is 396 g/mol. The Hall–Kier alpha value is 2.57. The zero-order valence-electron chi connectivity index (χ0n) is 3.97. The molecule has 0 saturated carbocycles. The average Bonchev–Trinajstić information content (AvgIpc) is 1.27. The number of hydrogen-bond acceptors (Lipinski definition) is 6. The molecule has 0 fully saturated rings. The summed E-state index contributed by atoms with van der Waals surface area (Å²) in [6.45, 7) is 0. The van der Waals surface area contributed by atoms with Crippen molar-refractivity contribution in [2.24, 2.45) is 0 Å². The molecule has 0 aliphatic rings. The first-order chi connectivity index (χ1) is 3.41. The van der Waals surface area contributed by atoms with Crippen LogP contribution in [0, 0.1) is 0 Å². The van der Waals surface area contributed by atoms with Crippen molar-refractivity contribution < 1.29 is 32.4 Å². The van der Waals surface area contributed by atoms with E-state index in [-0.39, 0.29) is 63.8 Å². The molecule has 0 unspecified atom stereocenters. The second-order valence-electron chi connectivity index (χ2n) is 0.476. The molecular weight excluding hydrogens is 393 g/mol. The van der Waals surface area contributed by atoms with Gasteiger partial charge in [0.1, 0.15) is 0 Å². The van der Waals surface area contributed by atoms with E-state index in [4.69, 9.17) is 17.5 Å². The third kappa shape index (κ3) is 118. The molecular formula is BaMoO4S3. The molecule has 0 bridgehead atoms. The Balaban J connectivity index is -0.0000000800. The Kier molecular flexibility index (Phi) is 20.7. The molecule has 0 aromatic carbocycles. The van der Waals surface area contributed by atoms with Gasteiger partial charge in [-0.3, -0.25) is 8.42 Å². The molecule has 0 aliphatic heterocycles. The van der Waals surface area contributed by atoms with Crippen LogP contribution in [-0.4, -0.2) is 66.4 Å². The Morgan fingerprint density at radius 3 is 1.22 bits per heavy atom. The molecule has 0 rings (SSSR count). The van der Waals surface area contributed by atoms with E-state index in [1.807, 2.05) is 0 Å². The van der Waals surface area contributed by atoms with Crippen molar-refractivity contribution in [3.05, 3.63) is 0 Å². The van der Waals surface area contributed by atoms with Crippen molar-refractivity contribution in [1.82, 2.24) is 0 Å². The SMILES string of the molecule is O=S(=O)([O-])[O-].[Ba+2].[S]=[Mo]=[S]. The maximum absolute atomic E-state index is 8.52. The summed E-state index contributed by atoms with van der Waals surface area (Å²) in [6.07, 6.45) is 0. The predicted molar refractivity (Wildman–Crippen MR) is 31.4 cm³/mol. The topological polar surface area (TPSA) is 80.3 Å². The summed E-state index contributed by atoms with van der Waals surface area (Å²) in [5.74, 6) is 0. The van der Waals surface area contributed by atoms with Gasteiger partial charge in [-0.1, -0.05) is 0 Å². The van der Waals surface area contributed by atoms with Crippen LogP contribution in [-0.2, 0) is 25.3 Å². The Morgan fingerprint density at radius 2 is 1.22 bits per heavy atom. The van der Waals surface area contributed by atoms with Crippen LogP contribution in [0.25, 0.3) is 0 Å². The van der Waals surface area contributed by atoms with Crippen molar-refractivity contribution in [2.75, 3.05) is 0 Å². The van der Waals surface area contributed by atoms with Crippen molar-refractivity contribution in [1.29, 1.82) is 0 Å². The fourth-order valence-corrected chi connectivity index (χ4v) is 0. The fourth-order valence-electron chi connectivity index (χ4n) is 0. The summed E-state index contributed by atoms with van der Waals surface area (Å²) >= 11 is -0.363. The second kappa shape index (κ2) is 10.6.